The van der Waals surface area contributed by atoms with Gasteiger partial charge in [-0.1, -0.05) is 32.0 Å². The van der Waals surface area contributed by atoms with Gasteiger partial charge in [-0.2, -0.15) is 5.10 Å². The zero-order valence-corrected chi connectivity index (χ0v) is 24.0. The van der Waals surface area contributed by atoms with Crippen LogP contribution in [0.15, 0.2) is 48.8 Å². The van der Waals surface area contributed by atoms with Crippen LogP contribution in [-0.4, -0.2) is 66.0 Å². The number of nitrogens with one attached hydrogen (secondary N) is 1. The lowest BCUT2D eigenvalue weighted by atomic mass is 10.0. The number of carbonyl (C=O) groups is 2. The molecule has 0 aliphatic carbocycles. The quantitative estimate of drug-likeness (QED) is 0.323. The Hall–Kier alpha value is -4.45. The Morgan fingerprint density at radius 1 is 1.15 bits per heavy atom. The summed E-state index contributed by atoms with van der Waals surface area (Å²) in [6, 6.07) is 11.3. The van der Waals surface area contributed by atoms with Crippen molar-refractivity contribution in [3.05, 3.63) is 59.9 Å². The largest absolute Gasteiger partial charge is 0.438 e. The van der Waals surface area contributed by atoms with Gasteiger partial charge in [0.25, 0.3) is 5.91 Å². The van der Waals surface area contributed by atoms with E-state index in [9.17, 15) is 9.59 Å². The highest BCUT2D eigenvalue weighted by Gasteiger charge is 2.30. The number of pyridine rings is 1. The minimum atomic E-state index is -0.710. The van der Waals surface area contributed by atoms with E-state index in [4.69, 9.17) is 4.74 Å². The summed E-state index contributed by atoms with van der Waals surface area (Å²) in [5.41, 5.74) is 3.81. The molecular weight excluding hydrogens is 522 g/mol. The van der Waals surface area contributed by atoms with Crippen LogP contribution in [0.1, 0.15) is 55.8 Å². The number of piperidine rings is 1. The fourth-order valence-corrected chi connectivity index (χ4v) is 4.89. The predicted octanol–water partition coefficient (Wildman–Crippen LogP) is 3.56. The molecule has 1 aromatic carbocycles. The average molecular weight is 558 g/mol. The Kier molecular flexibility index (Phi) is 8.20. The second-order valence-electron chi connectivity index (χ2n) is 10.6. The second-order valence-corrected chi connectivity index (χ2v) is 10.6. The summed E-state index contributed by atoms with van der Waals surface area (Å²) < 4.78 is 7.07. The summed E-state index contributed by atoms with van der Waals surface area (Å²) in [6.45, 7) is 8.87. The number of aryl methyl sites for hydroxylation is 2. The molecule has 0 spiro atoms. The standard InChI is InChI=1S/C29H35N9O3/c1-18(2)29(40)41-20(4)38-34-26(33-35-38)25-24(17-32-36(25)5)21-10-12-22(13-11-21)28(39)37(23-9-7-14-30-16-23)27-19(3)8-6-15-31-27/h6,8,10-13,15,17-18,20,23,30H,7,9,14,16H2,1-5H3/t20-,23-/m0/s1. The highest BCUT2D eigenvalue weighted by molar-refractivity contribution is 6.06. The molecule has 0 bridgehead atoms. The summed E-state index contributed by atoms with van der Waals surface area (Å²) in [4.78, 5) is 33.6. The maximum Gasteiger partial charge on any atom is 0.310 e. The maximum absolute atomic E-state index is 13.9. The van der Waals surface area contributed by atoms with Crippen molar-refractivity contribution in [2.75, 3.05) is 18.0 Å². The van der Waals surface area contributed by atoms with Crippen LogP contribution in [0.3, 0.4) is 0 Å². The molecular formula is C29H35N9O3. The van der Waals surface area contributed by atoms with E-state index in [-0.39, 0.29) is 23.8 Å². The van der Waals surface area contributed by atoms with Gasteiger partial charge in [-0.05, 0) is 67.8 Å². The first-order valence-electron chi connectivity index (χ1n) is 13.8. The lowest BCUT2D eigenvalue weighted by Crippen LogP contribution is -2.49. The molecule has 1 saturated heterocycles. The number of esters is 1. The van der Waals surface area contributed by atoms with Gasteiger partial charge in [-0.3, -0.25) is 19.2 Å². The number of nitrogens with zero attached hydrogens (tertiary/aromatic N) is 8. The van der Waals surface area contributed by atoms with Gasteiger partial charge in [0, 0.05) is 30.9 Å². The lowest BCUT2D eigenvalue weighted by molar-refractivity contribution is -0.158. The van der Waals surface area contributed by atoms with Crippen LogP contribution >= 0.6 is 0 Å². The smallest absolute Gasteiger partial charge is 0.310 e. The van der Waals surface area contributed by atoms with Gasteiger partial charge in [0.2, 0.25) is 12.1 Å². The monoisotopic (exact) mass is 557 g/mol. The molecule has 41 heavy (non-hydrogen) atoms. The molecule has 2 atom stereocenters. The molecule has 0 saturated carbocycles. The third-order valence-corrected chi connectivity index (χ3v) is 7.17. The number of anilines is 1. The van der Waals surface area contributed by atoms with E-state index in [0.717, 1.165) is 42.6 Å². The van der Waals surface area contributed by atoms with Gasteiger partial charge in [-0.25, -0.2) is 4.98 Å². The molecule has 4 aromatic rings. The summed E-state index contributed by atoms with van der Waals surface area (Å²) in [6.07, 6.45) is 4.66. The molecule has 12 nitrogen and oxygen atoms in total. The normalized spacial score (nSPS) is 16.0. The molecule has 4 heterocycles. The van der Waals surface area contributed by atoms with E-state index in [2.05, 4.69) is 30.8 Å². The molecule has 1 fully saturated rings. The fraction of sp³-hybridized carbons (Fsp3) is 0.414. The van der Waals surface area contributed by atoms with Crippen LogP contribution in [-0.2, 0) is 16.6 Å². The topological polar surface area (TPSA) is 133 Å². The average Bonchev–Trinajstić information content (AvgIpc) is 3.61. The minimum absolute atomic E-state index is 0.0188. The van der Waals surface area contributed by atoms with Crippen LogP contribution < -0.4 is 10.2 Å². The Balaban J connectivity index is 1.41. The number of hydrogen-bond donors (Lipinski definition) is 1. The van der Waals surface area contributed by atoms with Crippen molar-refractivity contribution >= 4 is 17.7 Å². The first kappa shape index (κ1) is 28.1. The second kappa shape index (κ2) is 12.0. The van der Waals surface area contributed by atoms with Crippen LogP contribution in [0.4, 0.5) is 5.82 Å². The highest BCUT2D eigenvalue weighted by atomic mass is 16.6. The number of ether oxygens (including phenoxy) is 1. The molecule has 1 amide bonds. The Morgan fingerprint density at radius 2 is 1.93 bits per heavy atom. The van der Waals surface area contributed by atoms with Gasteiger partial charge in [-0.15, -0.1) is 15.0 Å². The maximum atomic E-state index is 13.9. The van der Waals surface area contributed by atoms with Gasteiger partial charge < -0.3 is 10.1 Å². The Bertz CT molecular complexity index is 1520. The van der Waals surface area contributed by atoms with E-state index >= 15 is 0 Å². The molecule has 214 valence electrons. The van der Waals surface area contributed by atoms with E-state index < -0.39 is 6.23 Å². The molecule has 1 aliphatic rings. The number of amides is 1. The van der Waals surface area contributed by atoms with Crippen LogP contribution in [0.25, 0.3) is 22.6 Å². The highest BCUT2D eigenvalue weighted by Crippen LogP contribution is 2.31. The van der Waals surface area contributed by atoms with Crippen molar-refractivity contribution in [2.24, 2.45) is 13.0 Å². The van der Waals surface area contributed by atoms with Crippen LogP contribution in [0, 0.1) is 12.8 Å². The molecule has 1 N–H and O–H groups in total. The van der Waals surface area contributed by atoms with Crippen molar-refractivity contribution < 1.29 is 14.3 Å². The summed E-state index contributed by atoms with van der Waals surface area (Å²) in [5, 5.41) is 20.6. The molecule has 0 radical (unpaired) electrons. The van der Waals surface area contributed by atoms with Crippen molar-refractivity contribution in [1.82, 2.24) is 40.3 Å². The molecule has 0 unspecified atom stereocenters. The number of tetrazole rings is 1. The van der Waals surface area contributed by atoms with Crippen molar-refractivity contribution in [3.63, 3.8) is 0 Å². The van der Waals surface area contributed by atoms with Gasteiger partial charge in [0.05, 0.1) is 18.2 Å². The fourth-order valence-electron chi connectivity index (χ4n) is 4.89. The number of hydrogen-bond acceptors (Lipinski definition) is 9. The number of benzene rings is 1. The Labute approximate surface area is 238 Å². The molecule has 12 heteroatoms. The van der Waals surface area contributed by atoms with Crippen molar-refractivity contribution in [3.8, 4) is 22.6 Å². The van der Waals surface area contributed by atoms with E-state index in [1.807, 2.05) is 48.2 Å². The first-order chi connectivity index (χ1) is 19.7. The number of rotatable bonds is 8. The van der Waals surface area contributed by atoms with Gasteiger partial charge in [0.1, 0.15) is 11.5 Å². The number of aromatic nitrogens is 7. The number of carbonyl (C=O) groups excluding carboxylic acids is 2. The SMILES string of the molecule is Cc1cccnc1N(C(=O)c1ccc(-c2cnn(C)c2-c2nnn([C@H](C)OC(=O)C(C)C)n2)cc1)[C@H]1CCCNC1. The molecule has 3 aromatic heterocycles. The predicted molar refractivity (Wildman–Crippen MR) is 153 cm³/mol. The van der Waals surface area contributed by atoms with Gasteiger partial charge >= 0.3 is 5.97 Å². The van der Waals surface area contributed by atoms with Crippen molar-refractivity contribution in [1.29, 1.82) is 0 Å². The third kappa shape index (κ3) is 5.87. The summed E-state index contributed by atoms with van der Waals surface area (Å²) in [7, 11) is 1.80. The van der Waals surface area contributed by atoms with Crippen LogP contribution in [0.5, 0.6) is 0 Å². The van der Waals surface area contributed by atoms with E-state index in [0.29, 0.717) is 22.9 Å². The van der Waals surface area contributed by atoms with E-state index in [1.165, 1.54) is 4.80 Å². The first-order valence-corrected chi connectivity index (χ1v) is 13.8. The molecule has 5 rings (SSSR count). The third-order valence-electron chi connectivity index (χ3n) is 7.17. The minimum Gasteiger partial charge on any atom is -0.438 e. The van der Waals surface area contributed by atoms with Crippen LogP contribution in [0.2, 0.25) is 0 Å². The van der Waals surface area contributed by atoms with E-state index in [1.54, 1.807) is 44.9 Å². The molecule has 1 aliphatic heterocycles. The zero-order chi connectivity index (χ0) is 29.1. The van der Waals surface area contributed by atoms with Crippen molar-refractivity contribution in [2.45, 2.75) is 52.8 Å². The van der Waals surface area contributed by atoms with Gasteiger partial charge in [0.15, 0.2) is 0 Å². The summed E-state index contributed by atoms with van der Waals surface area (Å²) in [5.74, 6) is 0.330. The lowest BCUT2D eigenvalue weighted by Gasteiger charge is -2.34. The summed E-state index contributed by atoms with van der Waals surface area (Å²) >= 11 is 0. The zero-order valence-electron chi connectivity index (χ0n) is 24.0. The Morgan fingerprint density at radius 3 is 2.61 bits per heavy atom.